The lowest BCUT2D eigenvalue weighted by Gasteiger charge is -2.29. The first kappa shape index (κ1) is 20.0. The number of nitrogens with zero attached hydrogens (tertiary/aromatic N) is 3. The smallest absolute Gasteiger partial charge is 0.255 e. The molecule has 0 spiro atoms. The lowest BCUT2D eigenvalue weighted by molar-refractivity contribution is -0.113. The van der Waals surface area contributed by atoms with Gasteiger partial charge in [0.15, 0.2) is 0 Å². The van der Waals surface area contributed by atoms with Crippen LogP contribution in [0, 0.1) is 0 Å². The minimum atomic E-state index is -0.528. The summed E-state index contributed by atoms with van der Waals surface area (Å²) in [6.45, 7) is 4.20. The van der Waals surface area contributed by atoms with Crippen LogP contribution in [-0.4, -0.2) is 32.4 Å². The van der Waals surface area contributed by atoms with Crippen molar-refractivity contribution in [2.24, 2.45) is 0 Å². The lowest BCUT2D eigenvalue weighted by Crippen LogP contribution is -2.31. The zero-order valence-electron chi connectivity index (χ0n) is 16.4. The molecule has 0 fully saturated rings. The number of allylic oxidation sites excluding steroid dienone is 1. The molecule has 0 radical (unpaired) electrons. The van der Waals surface area contributed by atoms with Crippen LogP contribution in [0.4, 0.5) is 11.6 Å². The van der Waals surface area contributed by atoms with Crippen LogP contribution < -0.4 is 15.4 Å². The summed E-state index contributed by atoms with van der Waals surface area (Å²) in [5.41, 5.74) is 2.50. The van der Waals surface area contributed by atoms with Crippen molar-refractivity contribution in [3.8, 4) is 11.5 Å². The Morgan fingerprint density at radius 3 is 2.90 bits per heavy atom. The van der Waals surface area contributed by atoms with Crippen LogP contribution in [0.3, 0.4) is 0 Å². The number of carbonyl (C=O) groups is 1. The monoisotopic (exact) mass is 469 g/mol. The van der Waals surface area contributed by atoms with Crippen molar-refractivity contribution >= 4 is 33.5 Å². The summed E-state index contributed by atoms with van der Waals surface area (Å²) in [5.74, 6) is 0.958. The maximum absolute atomic E-state index is 13.4. The van der Waals surface area contributed by atoms with Crippen LogP contribution >= 0.6 is 15.9 Å². The zero-order valence-corrected chi connectivity index (χ0v) is 18.0. The number of para-hydroxylation sites is 2. The van der Waals surface area contributed by atoms with Gasteiger partial charge in [0.25, 0.3) is 5.91 Å². The highest BCUT2D eigenvalue weighted by Gasteiger charge is 2.34. The van der Waals surface area contributed by atoms with Crippen LogP contribution in [0.15, 0.2) is 64.5 Å². The fourth-order valence-electron chi connectivity index (χ4n) is 3.43. The first-order valence-electron chi connectivity index (χ1n) is 9.38. The van der Waals surface area contributed by atoms with Crippen LogP contribution in [0.2, 0.25) is 0 Å². The van der Waals surface area contributed by atoms with Gasteiger partial charge in [0, 0.05) is 5.70 Å². The number of amides is 1. The highest BCUT2D eigenvalue weighted by molar-refractivity contribution is 9.10. The first-order valence-corrected chi connectivity index (χ1v) is 10.2. The number of halogens is 1. The summed E-state index contributed by atoms with van der Waals surface area (Å²) in [6, 6.07) is 11.9. The molecule has 2 heterocycles. The second-order valence-corrected chi connectivity index (χ2v) is 7.54. The molecule has 1 amide bonds. The van der Waals surface area contributed by atoms with Gasteiger partial charge in [-0.3, -0.25) is 4.79 Å². The molecule has 0 bridgehead atoms. The fraction of sp³-hybridized carbons (Fsp3) is 0.190. The molecule has 3 aromatic rings. The van der Waals surface area contributed by atoms with Crippen molar-refractivity contribution in [2.75, 3.05) is 17.2 Å². The van der Waals surface area contributed by atoms with Gasteiger partial charge in [-0.25, -0.2) is 4.68 Å². The van der Waals surface area contributed by atoms with Gasteiger partial charge in [0.1, 0.15) is 23.9 Å². The van der Waals surface area contributed by atoms with Gasteiger partial charge < -0.3 is 20.5 Å². The number of rotatable bonds is 5. The van der Waals surface area contributed by atoms with E-state index in [-0.39, 0.29) is 11.7 Å². The summed E-state index contributed by atoms with van der Waals surface area (Å²) in [7, 11) is 0. The van der Waals surface area contributed by atoms with Crippen LogP contribution in [-0.2, 0) is 4.79 Å². The number of anilines is 2. The fourth-order valence-corrected chi connectivity index (χ4v) is 3.82. The van der Waals surface area contributed by atoms with Crippen LogP contribution in [0.25, 0.3) is 0 Å². The molecule has 1 aliphatic rings. The van der Waals surface area contributed by atoms with E-state index in [0.717, 1.165) is 5.56 Å². The van der Waals surface area contributed by atoms with E-state index in [2.05, 4.69) is 36.6 Å². The molecule has 1 aliphatic heterocycles. The van der Waals surface area contributed by atoms with Gasteiger partial charge in [-0.1, -0.05) is 18.2 Å². The number of benzene rings is 2. The number of fused-ring (bicyclic) bond motifs is 1. The van der Waals surface area contributed by atoms with E-state index in [1.165, 1.54) is 6.33 Å². The third-order valence-corrected chi connectivity index (χ3v) is 5.40. The highest BCUT2D eigenvalue weighted by Crippen LogP contribution is 2.38. The van der Waals surface area contributed by atoms with Crippen LogP contribution in [0.5, 0.6) is 11.5 Å². The van der Waals surface area contributed by atoms with Gasteiger partial charge in [-0.05, 0) is 59.6 Å². The second kappa shape index (κ2) is 8.19. The standard InChI is InChI=1S/C21H20BrN5O3/c1-3-30-17-7-5-4-6-15(17)26-20(29)18-12(2)25-21-23-11-24-27(21)19(18)13-8-9-16(28)14(22)10-13/h4-11,19,28H,3H2,1-2H3,(H,26,29)(H,23,24,25). The Labute approximate surface area is 181 Å². The van der Waals surface area contributed by atoms with Crippen molar-refractivity contribution in [1.82, 2.24) is 14.8 Å². The molecule has 0 aliphatic carbocycles. The van der Waals surface area contributed by atoms with E-state index in [4.69, 9.17) is 4.74 Å². The molecule has 3 N–H and O–H groups in total. The average molecular weight is 470 g/mol. The summed E-state index contributed by atoms with van der Waals surface area (Å²) in [5, 5.41) is 20.3. The number of aromatic nitrogens is 3. The predicted molar refractivity (Wildman–Crippen MR) is 117 cm³/mol. The topological polar surface area (TPSA) is 101 Å². The number of phenolic OH excluding ortho intramolecular Hbond substituents is 1. The van der Waals surface area contributed by atoms with Gasteiger partial charge in [0.05, 0.1) is 22.3 Å². The summed E-state index contributed by atoms with van der Waals surface area (Å²) >= 11 is 3.35. The van der Waals surface area contributed by atoms with Crippen molar-refractivity contribution in [2.45, 2.75) is 19.9 Å². The SMILES string of the molecule is CCOc1ccccc1NC(=O)C1=C(C)Nc2ncnn2C1c1ccc(O)c(Br)c1. The third-order valence-electron chi connectivity index (χ3n) is 4.76. The molecule has 2 aromatic carbocycles. The molecule has 4 rings (SSSR count). The molecule has 9 heteroatoms. The number of aromatic hydroxyl groups is 1. The number of hydrogen-bond acceptors (Lipinski definition) is 6. The molecule has 154 valence electrons. The van der Waals surface area contributed by atoms with Crippen molar-refractivity contribution < 1.29 is 14.6 Å². The molecule has 1 atom stereocenters. The van der Waals surface area contributed by atoms with Gasteiger partial charge >= 0.3 is 0 Å². The molecule has 30 heavy (non-hydrogen) atoms. The molecular weight excluding hydrogens is 450 g/mol. The maximum atomic E-state index is 13.4. The van der Waals surface area contributed by atoms with E-state index < -0.39 is 6.04 Å². The van der Waals surface area contributed by atoms with E-state index in [1.807, 2.05) is 32.0 Å². The van der Waals surface area contributed by atoms with Gasteiger partial charge in [-0.2, -0.15) is 10.1 Å². The second-order valence-electron chi connectivity index (χ2n) is 6.69. The molecule has 8 nitrogen and oxygen atoms in total. The molecule has 0 saturated carbocycles. The number of hydrogen-bond donors (Lipinski definition) is 3. The van der Waals surface area contributed by atoms with E-state index >= 15 is 0 Å². The van der Waals surface area contributed by atoms with Crippen LogP contribution in [0.1, 0.15) is 25.5 Å². The van der Waals surface area contributed by atoms with Crippen molar-refractivity contribution in [3.63, 3.8) is 0 Å². The summed E-state index contributed by atoms with van der Waals surface area (Å²) in [4.78, 5) is 17.6. The Balaban J connectivity index is 1.76. The summed E-state index contributed by atoms with van der Waals surface area (Å²) in [6.07, 6.45) is 1.43. The minimum Gasteiger partial charge on any atom is -0.507 e. The Bertz CT molecular complexity index is 1140. The molecule has 1 aromatic heterocycles. The van der Waals surface area contributed by atoms with Gasteiger partial charge in [0.2, 0.25) is 5.95 Å². The Hall–Kier alpha value is -3.33. The lowest BCUT2D eigenvalue weighted by atomic mass is 9.95. The number of carbonyl (C=O) groups excluding carboxylic acids is 1. The maximum Gasteiger partial charge on any atom is 0.255 e. The Kier molecular flexibility index (Phi) is 5.45. The normalized spacial score (nSPS) is 15.4. The largest absolute Gasteiger partial charge is 0.507 e. The Morgan fingerprint density at radius 2 is 2.13 bits per heavy atom. The van der Waals surface area contributed by atoms with E-state index in [1.54, 1.807) is 28.9 Å². The average Bonchev–Trinajstić information content (AvgIpc) is 3.18. The number of phenols is 1. The quantitative estimate of drug-likeness (QED) is 0.520. The van der Waals surface area contributed by atoms with E-state index in [9.17, 15) is 9.90 Å². The molecule has 0 saturated heterocycles. The summed E-state index contributed by atoms with van der Waals surface area (Å²) < 4.78 is 7.80. The Morgan fingerprint density at radius 1 is 1.33 bits per heavy atom. The number of nitrogens with one attached hydrogen (secondary N) is 2. The first-order chi connectivity index (χ1) is 14.5. The molecular formula is C21H20BrN5O3. The minimum absolute atomic E-state index is 0.115. The van der Waals surface area contributed by atoms with Gasteiger partial charge in [-0.15, -0.1) is 0 Å². The predicted octanol–water partition coefficient (Wildman–Crippen LogP) is 4.07. The zero-order chi connectivity index (χ0) is 21.3. The highest BCUT2D eigenvalue weighted by atomic mass is 79.9. The third kappa shape index (κ3) is 3.63. The van der Waals surface area contributed by atoms with E-state index in [0.29, 0.717) is 39.7 Å². The number of ether oxygens (including phenoxy) is 1. The van der Waals surface area contributed by atoms with Crippen molar-refractivity contribution in [3.05, 3.63) is 70.1 Å². The molecule has 1 unspecified atom stereocenters. The van der Waals surface area contributed by atoms with Crippen molar-refractivity contribution in [1.29, 1.82) is 0 Å².